The molecule has 1 aliphatic rings. The number of halogens is 3. The summed E-state index contributed by atoms with van der Waals surface area (Å²) < 4.78 is 45.1. The van der Waals surface area contributed by atoms with Gasteiger partial charge in [-0.15, -0.1) is 0 Å². The van der Waals surface area contributed by atoms with Crippen LogP contribution in [-0.4, -0.2) is 60.7 Å². The average Bonchev–Trinajstić information content (AvgIpc) is 3.04. The molecule has 1 saturated heterocycles. The molecule has 3 N–H and O–H groups in total. The number of ether oxygens (including phenoxy) is 1. The smallest absolute Gasteiger partial charge is 0.242 e. The van der Waals surface area contributed by atoms with Gasteiger partial charge >= 0.3 is 0 Å². The monoisotopic (exact) mass is 401 g/mol. The van der Waals surface area contributed by atoms with E-state index in [0.717, 1.165) is 4.90 Å². The molecule has 1 heterocycles. The van der Waals surface area contributed by atoms with E-state index in [0.29, 0.717) is 12.2 Å². The Hall–Kier alpha value is -2.78. The van der Waals surface area contributed by atoms with Crippen LogP contribution in [0.25, 0.3) is 0 Å². The van der Waals surface area contributed by atoms with Crippen LogP contribution in [0.3, 0.4) is 0 Å². The van der Waals surface area contributed by atoms with Crippen molar-refractivity contribution in [1.82, 2.24) is 10.2 Å². The van der Waals surface area contributed by atoms with Gasteiger partial charge in [-0.1, -0.05) is 0 Å². The summed E-state index contributed by atoms with van der Waals surface area (Å²) in [6.45, 7) is -2.16. The SMILES string of the molecule is NC(=O)C1CC(F)(CF)CN1C(=O)CNC(=O)CCCOc1ccc(F)cc1. The van der Waals surface area contributed by atoms with Crippen molar-refractivity contribution < 1.29 is 32.3 Å². The van der Waals surface area contributed by atoms with Crippen LogP contribution in [0.4, 0.5) is 13.2 Å². The third kappa shape index (κ3) is 5.86. The molecule has 0 bridgehead atoms. The molecule has 1 aromatic carbocycles. The molecule has 0 aliphatic carbocycles. The van der Waals surface area contributed by atoms with Crippen LogP contribution in [0.15, 0.2) is 24.3 Å². The summed E-state index contributed by atoms with van der Waals surface area (Å²) in [5, 5.41) is 2.37. The summed E-state index contributed by atoms with van der Waals surface area (Å²) in [7, 11) is 0. The highest BCUT2D eigenvalue weighted by molar-refractivity contribution is 5.90. The molecule has 1 aliphatic heterocycles. The second kappa shape index (κ2) is 9.43. The Balaban J connectivity index is 1.72. The standard InChI is InChI=1S/C18H22F3N3O4/c19-10-18(21)8-14(17(22)27)24(11-18)16(26)9-23-15(25)2-1-7-28-13-5-3-12(20)4-6-13/h3-6,14H,1-2,7-11H2,(H2,22,27)(H,23,25). The van der Waals surface area contributed by atoms with E-state index < -0.39 is 55.6 Å². The fourth-order valence-electron chi connectivity index (χ4n) is 2.87. The van der Waals surface area contributed by atoms with Gasteiger partial charge in [0.2, 0.25) is 17.7 Å². The summed E-state index contributed by atoms with van der Waals surface area (Å²) in [5.74, 6) is -2.00. The Morgan fingerprint density at radius 3 is 2.57 bits per heavy atom. The largest absolute Gasteiger partial charge is 0.494 e. The molecule has 154 valence electrons. The predicted octanol–water partition coefficient (Wildman–Crippen LogP) is 0.865. The highest BCUT2D eigenvalue weighted by Crippen LogP contribution is 2.31. The Morgan fingerprint density at radius 1 is 1.29 bits per heavy atom. The van der Waals surface area contributed by atoms with Gasteiger partial charge in [0.25, 0.3) is 0 Å². The molecular weight excluding hydrogens is 379 g/mol. The fraction of sp³-hybridized carbons (Fsp3) is 0.500. The molecular formula is C18H22F3N3O4. The predicted molar refractivity (Wildman–Crippen MR) is 93.3 cm³/mol. The van der Waals surface area contributed by atoms with E-state index in [1.807, 2.05) is 0 Å². The molecule has 2 atom stereocenters. The summed E-state index contributed by atoms with van der Waals surface area (Å²) in [4.78, 5) is 36.2. The number of rotatable bonds is 9. The lowest BCUT2D eigenvalue weighted by Gasteiger charge is -2.22. The molecule has 0 aromatic heterocycles. The summed E-state index contributed by atoms with van der Waals surface area (Å²) in [5.41, 5.74) is 2.84. The van der Waals surface area contributed by atoms with E-state index in [-0.39, 0.29) is 18.8 Å². The average molecular weight is 401 g/mol. The number of nitrogens with zero attached hydrogens (tertiary/aromatic N) is 1. The first-order chi connectivity index (χ1) is 13.2. The Bertz CT molecular complexity index is 717. The van der Waals surface area contributed by atoms with Crippen LogP contribution in [-0.2, 0) is 14.4 Å². The van der Waals surface area contributed by atoms with Crippen LogP contribution < -0.4 is 15.8 Å². The Labute approximate surface area is 160 Å². The van der Waals surface area contributed by atoms with Crippen molar-refractivity contribution in [2.45, 2.75) is 31.0 Å². The van der Waals surface area contributed by atoms with Gasteiger partial charge in [0.1, 0.15) is 24.3 Å². The number of benzene rings is 1. The second-order valence-corrected chi connectivity index (χ2v) is 6.61. The highest BCUT2D eigenvalue weighted by Gasteiger charge is 2.48. The lowest BCUT2D eigenvalue weighted by molar-refractivity contribution is -0.137. The number of amides is 3. The summed E-state index contributed by atoms with van der Waals surface area (Å²) in [6, 6.07) is 4.18. The molecule has 1 fully saturated rings. The first kappa shape index (κ1) is 21.5. The first-order valence-electron chi connectivity index (χ1n) is 8.73. The normalized spacial score (nSPS) is 21.4. The molecule has 3 amide bonds. The Kier molecular flexibility index (Phi) is 7.24. The van der Waals surface area contributed by atoms with E-state index in [4.69, 9.17) is 10.5 Å². The number of nitrogens with one attached hydrogen (secondary N) is 1. The minimum Gasteiger partial charge on any atom is -0.494 e. The van der Waals surface area contributed by atoms with Crippen molar-refractivity contribution in [2.24, 2.45) is 5.73 Å². The minimum absolute atomic E-state index is 0.0608. The van der Waals surface area contributed by atoms with E-state index >= 15 is 0 Å². The number of nitrogens with two attached hydrogens (primary N) is 1. The topological polar surface area (TPSA) is 102 Å². The van der Waals surface area contributed by atoms with E-state index in [2.05, 4.69) is 5.32 Å². The number of hydrogen-bond acceptors (Lipinski definition) is 4. The first-order valence-corrected chi connectivity index (χ1v) is 8.73. The summed E-state index contributed by atoms with van der Waals surface area (Å²) in [6.07, 6.45) is -0.0923. The molecule has 2 unspecified atom stereocenters. The van der Waals surface area contributed by atoms with Crippen LogP contribution in [0.1, 0.15) is 19.3 Å². The van der Waals surface area contributed by atoms with Gasteiger partial charge in [-0.25, -0.2) is 13.2 Å². The minimum atomic E-state index is -2.31. The molecule has 0 saturated carbocycles. The summed E-state index contributed by atoms with van der Waals surface area (Å²) >= 11 is 0. The van der Waals surface area contributed by atoms with Crippen LogP contribution in [0.2, 0.25) is 0 Å². The van der Waals surface area contributed by atoms with E-state index in [1.54, 1.807) is 0 Å². The lowest BCUT2D eigenvalue weighted by atomic mass is 10.0. The number of hydrogen-bond donors (Lipinski definition) is 2. The maximum atomic E-state index is 14.1. The zero-order valence-electron chi connectivity index (χ0n) is 15.1. The number of carbonyl (C=O) groups is 3. The zero-order chi connectivity index (χ0) is 20.7. The van der Waals surface area contributed by atoms with Crippen LogP contribution in [0.5, 0.6) is 5.75 Å². The van der Waals surface area contributed by atoms with E-state index in [9.17, 15) is 27.6 Å². The third-order valence-corrected chi connectivity index (χ3v) is 4.34. The molecule has 7 nitrogen and oxygen atoms in total. The number of alkyl halides is 2. The molecule has 1 aromatic rings. The van der Waals surface area contributed by atoms with Crippen molar-refractivity contribution in [1.29, 1.82) is 0 Å². The van der Waals surface area contributed by atoms with Gasteiger partial charge in [0, 0.05) is 12.8 Å². The maximum Gasteiger partial charge on any atom is 0.242 e. The van der Waals surface area contributed by atoms with Gasteiger partial charge in [-0.3, -0.25) is 14.4 Å². The van der Waals surface area contributed by atoms with Crippen LogP contribution in [0, 0.1) is 5.82 Å². The fourth-order valence-corrected chi connectivity index (χ4v) is 2.87. The second-order valence-electron chi connectivity index (χ2n) is 6.61. The van der Waals surface area contributed by atoms with Crippen molar-refractivity contribution in [2.75, 3.05) is 26.4 Å². The molecule has 2 rings (SSSR count). The third-order valence-electron chi connectivity index (χ3n) is 4.34. The number of carbonyl (C=O) groups excluding carboxylic acids is 3. The number of primary amides is 1. The van der Waals surface area contributed by atoms with Crippen molar-refractivity contribution in [3.63, 3.8) is 0 Å². The molecule has 28 heavy (non-hydrogen) atoms. The van der Waals surface area contributed by atoms with E-state index in [1.165, 1.54) is 24.3 Å². The molecule has 0 spiro atoms. The van der Waals surface area contributed by atoms with Crippen molar-refractivity contribution in [3.05, 3.63) is 30.1 Å². The van der Waals surface area contributed by atoms with Gasteiger partial charge in [0.05, 0.1) is 19.7 Å². The highest BCUT2D eigenvalue weighted by atomic mass is 19.2. The zero-order valence-corrected chi connectivity index (χ0v) is 15.1. The Morgan fingerprint density at radius 2 is 1.96 bits per heavy atom. The number of likely N-dealkylation sites (tertiary alicyclic amines) is 1. The van der Waals surface area contributed by atoms with Crippen molar-refractivity contribution >= 4 is 17.7 Å². The van der Waals surface area contributed by atoms with Crippen LogP contribution >= 0.6 is 0 Å². The quantitative estimate of drug-likeness (QED) is 0.600. The van der Waals surface area contributed by atoms with Gasteiger partial charge < -0.3 is 20.7 Å². The maximum absolute atomic E-state index is 14.1. The van der Waals surface area contributed by atoms with Crippen molar-refractivity contribution in [3.8, 4) is 5.75 Å². The molecule has 10 heteroatoms. The molecule has 0 radical (unpaired) electrons. The van der Waals surface area contributed by atoms with Gasteiger partial charge in [-0.05, 0) is 30.7 Å². The van der Waals surface area contributed by atoms with Gasteiger partial charge in [-0.2, -0.15) is 0 Å². The lowest BCUT2D eigenvalue weighted by Crippen LogP contribution is -2.47. The van der Waals surface area contributed by atoms with Gasteiger partial charge in [0.15, 0.2) is 5.67 Å².